The summed E-state index contributed by atoms with van der Waals surface area (Å²) in [5.41, 5.74) is 8.52. The second-order valence-electron chi connectivity index (χ2n) is 4.02. The Morgan fingerprint density at radius 2 is 2.16 bits per heavy atom. The van der Waals surface area contributed by atoms with E-state index in [-0.39, 0.29) is 6.61 Å². The van der Waals surface area contributed by atoms with E-state index in [0.29, 0.717) is 33.1 Å². The fourth-order valence-electron chi connectivity index (χ4n) is 1.94. The van der Waals surface area contributed by atoms with Crippen molar-refractivity contribution in [3.8, 4) is 11.3 Å². The summed E-state index contributed by atoms with van der Waals surface area (Å²) in [6.45, 7) is -0.134. The summed E-state index contributed by atoms with van der Waals surface area (Å²) >= 11 is 5.97. The highest BCUT2D eigenvalue weighted by Crippen LogP contribution is 2.30. The van der Waals surface area contributed by atoms with Crippen molar-refractivity contribution in [2.24, 2.45) is 0 Å². The standard InChI is InChI=1S/C12H10ClN5O/c13-8-2-1-6(3-7(8)4-19)10-9-11(14)15-5-16-12(9)18-17-10/h1-3,5,19H,4H2,(H3,14,15,16,17,18). The van der Waals surface area contributed by atoms with Crippen LogP contribution in [-0.4, -0.2) is 25.3 Å². The van der Waals surface area contributed by atoms with Crippen LogP contribution in [0.1, 0.15) is 5.56 Å². The molecule has 2 heterocycles. The Hall–Kier alpha value is -2.18. The van der Waals surface area contributed by atoms with Crippen molar-refractivity contribution >= 4 is 28.5 Å². The zero-order chi connectivity index (χ0) is 13.4. The molecule has 7 heteroatoms. The van der Waals surface area contributed by atoms with Crippen molar-refractivity contribution < 1.29 is 5.11 Å². The average Bonchev–Trinajstić information content (AvgIpc) is 2.85. The van der Waals surface area contributed by atoms with Gasteiger partial charge in [-0.05, 0) is 17.7 Å². The molecule has 0 atom stereocenters. The van der Waals surface area contributed by atoms with Crippen molar-refractivity contribution in [1.29, 1.82) is 0 Å². The van der Waals surface area contributed by atoms with Gasteiger partial charge in [0.05, 0.1) is 17.7 Å². The molecule has 3 aromatic rings. The van der Waals surface area contributed by atoms with Crippen molar-refractivity contribution in [2.45, 2.75) is 6.61 Å². The van der Waals surface area contributed by atoms with Gasteiger partial charge in [-0.15, -0.1) is 0 Å². The number of fused-ring (bicyclic) bond motifs is 1. The molecule has 1 aromatic carbocycles. The maximum atomic E-state index is 9.25. The van der Waals surface area contributed by atoms with Crippen molar-refractivity contribution in [3.63, 3.8) is 0 Å². The molecule has 0 saturated carbocycles. The lowest BCUT2D eigenvalue weighted by atomic mass is 10.1. The van der Waals surface area contributed by atoms with E-state index in [4.69, 9.17) is 17.3 Å². The van der Waals surface area contributed by atoms with Gasteiger partial charge in [0.25, 0.3) is 0 Å². The first-order chi connectivity index (χ1) is 9.20. The van der Waals surface area contributed by atoms with Crippen molar-refractivity contribution in [1.82, 2.24) is 20.2 Å². The summed E-state index contributed by atoms with van der Waals surface area (Å²) in [7, 11) is 0. The zero-order valence-corrected chi connectivity index (χ0v) is 10.5. The molecule has 2 aromatic heterocycles. The summed E-state index contributed by atoms with van der Waals surface area (Å²) in [5, 5.41) is 17.4. The number of nitrogens with zero attached hydrogens (tertiary/aromatic N) is 3. The Kier molecular flexibility index (Phi) is 2.81. The number of aromatic nitrogens is 4. The van der Waals surface area contributed by atoms with Crippen LogP contribution in [0.25, 0.3) is 22.3 Å². The quantitative estimate of drug-likeness (QED) is 0.661. The predicted molar refractivity (Wildman–Crippen MR) is 72.5 cm³/mol. The number of nitrogen functional groups attached to an aromatic ring is 1. The second-order valence-corrected chi connectivity index (χ2v) is 4.43. The number of benzene rings is 1. The van der Waals surface area contributed by atoms with Gasteiger partial charge in [0.1, 0.15) is 12.1 Å². The minimum absolute atomic E-state index is 0.134. The van der Waals surface area contributed by atoms with Crippen LogP contribution < -0.4 is 5.73 Å². The number of aliphatic hydroxyl groups is 1. The molecule has 6 nitrogen and oxygen atoms in total. The molecule has 3 rings (SSSR count). The molecule has 0 fully saturated rings. The normalized spacial score (nSPS) is 11.1. The van der Waals surface area contributed by atoms with Gasteiger partial charge in [-0.25, -0.2) is 9.97 Å². The fraction of sp³-hybridized carbons (Fsp3) is 0.0833. The molecule has 96 valence electrons. The summed E-state index contributed by atoms with van der Waals surface area (Å²) in [5.74, 6) is 0.356. The lowest BCUT2D eigenvalue weighted by Crippen LogP contribution is -1.93. The SMILES string of the molecule is Nc1ncnc2n[nH]c(-c3ccc(Cl)c(CO)c3)c12. The van der Waals surface area contributed by atoms with E-state index in [9.17, 15) is 5.11 Å². The summed E-state index contributed by atoms with van der Waals surface area (Å²) in [6, 6.07) is 5.32. The van der Waals surface area contributed by atoms with E-state index in [2.05, 4.69) is 20.2 Å². The molecule has 0 amide bonds. The van der Waals surface area contributed by atoms with Gasteiger partial charge in [-0.2, -0.15) is 5.10 Å². The van der Waals surface area contributed by atoms with Gasteiger partial charge in [0.15, 0.2) is 5.65 Å². The number of hydrogen-bond donors (Lipinski definition) is 3. The van der Waals surface area contributed by atoms with Crippen LogP contribution in [0.2, 0.25) is 5.02 Å². The number of aromatic amines is 1. The largest absolute Gasteiger partial charge is 0.392 e. The Bertz CT molecular complexity index is 755. The lowest BCUT2D eigenvalue weighted by molar-refractivity contribution is 0.282. The summed E-state index contributed by atoms with van der Waals surface area (Å²) in [6.07, 6.45) is 1.36. The number of nitrogens with two attached hydrogens (primary N) is 1. The second kappa shape index (κ2) is 4.49. The molecule has 0 aliphatic heterocycles. The number of rotatable bonds is 2. The molecule has 4 N–H and O–H groups in total. The van der Waals surface area contributed by atoms with Gasteiger partial charge in [0.2, 0.25) is 0 Å². The number of halogens is 1. The minimum Gasteiger partial charge on any atom is -0.392 e. The summed E-state index contributed by atoms with van der Waals surface area (Å²) in [4.78, 5) is 8.00. The molecule has 0 radical (unpaired) electrons. The molecule has 19 heavy (non-hydrogen) atoms. The maximum absolute atomic E-state index is 9.25. The van der Waals surface area contributed by atoms with Gasteiger partial charge in [0, 0.05) is 10.6 Å². The number of anilines is 1. The van der Waals surface area contributed by atoms with Crippen LogP contribution in [0.15, 0.2) is 24.5 Å². The van der Waals surface area contributed by atoms with Crippen molar-refractivity contribution in [3.05, 3.63) is 35.1 Å². The molecule has 0 aliphatic rings. The fourth-order valence-corrected chi connectivity index (χ4v) is 2.12. The molecule has 0 unspecified atom stereocenters. The van der Waals surface area contributed by atoms with E-state index in [1.54, 1.807) is 12.1 Å². The van der Waals surface area contributed by atoms with E-state index in [0.717, 1.165) is 5.56 Å². The lowest BCUT2D eigenvalue weighted by Gasteiger charge is -2.04. The van der Waals surface area contributed by atoms with Crippen LogP contribution in [0.4, 0.5) is 5.82 Å². The highest BCUT2D eigenvalue weighted by molar-refractivity contribution is 6.31. The van der Waals surface area contributed by atoms with Crippen molar-refractivity contribution in [2.75, 3.05) is 5.73 Å². The Morgan fingerprint density at radius 1 is 1.32 bits per heavy atom. The number of aliphatic hydroxyl groups excluding tert-OH is 1. The number of H-pyrrole nitrogens is 1. The predicted octanol–water partition coefficient (Wildman–Crippen LogP) is 1.75. The molecule has 0 saturated heterocycles. The molecular formula is C12H10ClN5O. The third-order valence-corrected chi connectivity index (χ3v) is 3.25. The Balaban J connectivity index is 2.25. The molecule has 0 aliphatic carbocycles. The van der Waals surface area contributed by atoms with Gasteiger partial charge in [-0.3, -0.25) is 5.10 Å². The van der Waals surface area contributed by atoms with Crippen LogP contribution in [0.3, 0.4) is 0 Å². The molecular weight excluding hydrogens is 266 g/mol. The zero-order valence-electron chi connectivity index (χ0n) is 9.76. The maximum Gasteiger partial charge on any atom is 0.186 e. The minimum atomic E-state index is -0.134. The van der Waals surface area contributed by atoms with Crippen LogP contribution in [-0.2, 0) is 6.61 Å². The smallest absolute Gasteiger partial charge is 0.186 e. The van der Waals surface area contributed by atoms with Crippen LogP contribution in [0.5, 0.6) is 0 Å². The Morgan fingerprint density at radius 3 is 2.95 bits per heavy atom. The first kappa shape index (κ1) is 11.9. The van der Waals surface area contributed by atoms with Gasteiger partial charge >= 0.3 is 0 Å². The molecule has 0 spiro atoms. The van der Waals surface area contributed by atoms with Gasteiger partial charge < -0.3 is 10.8 Å². The first-order valence-electron chi connectivity index (χ1n) is 5.55. The van der Waals surface area contributed by atoms with E-state index in [1.807, 2.05) is 6.07 Å². The highest BCUT2D eigenvalue weighted by atomic mass is 35.5. The van der Waals surface area contributed by atoms with E-state index >= 15 is 0 Å². The number of hydrogen-bond acceptors (Lipinski definition) is 5. The van der Waals surface area contributed by atoms with E-state index in [1.165, 1.54) is 6.33 Å². The van der Waals surface area contributed by atoms with Crippen LogP contribution in [0, 0.1) is 0 Å². The average molecular weight is 276 g/mol. The summed E-state index contributed by atoms with van der Waals surface area (Å²) < 4.78 is 0. The monoisotopic (exact) mass is 275 g/mol. The van der Waals surface area contributed by atoms with Crippen LogP contribution >= 0.6 is 11.6 Å². The Labute approximate surface area is 113 Å². The highest BCUT2D eigenvalue weighted by Gasteiger charge is 2.13. The topological polar surface area (TPSA) is 101 Å². The first-order valence-corrected chi connectivity index (χ1v) is 5.92. The molecule has 0 bridgehead atoms. The number of nitrogens with one attached hydrogen (secondary N) is 1. The van der Waals surface area contributed by atoms with E-state index < -0.39 is 0 Å². The van der Waals surface area contributed by atoms with Gasteiger partial charge in [-0.1, -0.05) is 17.7 Å². The third-order valence-electron chi connectivity index (χ3n) is 2.88. The third kappa shape index (κ3) is 1.91.